The molecular formula is C20H30NO5P. The number of hydrogen-bond donors (Lipinski definition) is 2. The molecule has 0 aromatic heterocycles. The van der Waals surface area contributed by atoms with E-state index in [4.69, 9.17) is 9.05 Å². The average molecular weight is 395 g/mol. The fourth-order valence-corrected chi connectivity index (χ4v) is 3.06. The number of benzene rings is 2. The first-order valence-electron chi connectivity index (χ1n) is 9.13. The van der Waals surface area contributed by atoms with Crippen LogP contribution in [0, 0.1) is 0 Å². The van der Waals surface area contributed by atoms with E-state index in [2.05, 4.69) is 25.7 Å². The van der Waals surface area contributed by atoms with E-state index in [1.807, 2.05) is 30.3 Å². The van der Waals surface area contributed by atoms with Crippen LogP contribution in [0.5, 0.6) is 11.5 Å². The minimum Gasteiger partial charge on any atom is -0.504 e. The summed E-state index contributed by atoms with van der Waals surface area (Å²) in [6.07, 6.45) is 0.496. The molecule has 0 spiro atoms. The molecule has 7 heteroatoms. The van der Waals surface area contributed by atoms with Crippen LogP contribution in [0.25, 0.3) is 0 Å². The van der Waals surface area contributed by atoms with Gasteiger partial charge in [-0.25, -0.2) is 4.57 Å². The fraction of sp³-hybridized carbons (Fsp3) is 0.400. The Kier molecular flexibility index (Phi) is 10.8. The van der Waals surface area contributed by atoms with Crippen LogP contribution in [0.1, 0.15) is 26.3 Å². The lowest BCUT2D eigenvalue weighted by Crippen LogP contribution is -2.21. The first-order valence-corrected chi connectivity index (χ1v) is 10.6. The number of aromatic hydroxyl groups is 1. The molecule has 2 aromatic rings. The summed E-state index contributed by atoms with van der Waals surface area (Å²) in [5.74, 6) is -0.300. The highest BCUT2D eigenvalue weighted by Gasteiger charge is 2.24. The molecule has 0 saturated heterocycles. The van der Waals surface area contributed by atoms with Crippen LogP contribution in [-0.4, -0.2) is 41.1 Å². The van der Waals surface area contributed by atoms with Crippen LogP contribution >= 0.6 is 7.82 Å². The van der Waals surface area contributed by atoms with Gasteiger partial charge in [-0.1, -0.05) is 63.2 Å². The van der Waals surface area contributed by atoms with E-state index in [1.54, 1.807) is 12.1 Å². The van der Waals surface area contributed by atoms with E-state index >= 15 is 0 Å². The second-order valence-electron chi connectivity index (χ2n) is 5.72. The van der Waals surface area contributed by atoms with E-state index in [0.717, 1.165) is 5.56 Å². The van der Waals surface area contributed by atoms with Gasteiger partial charge in [-0.05, 0) is 43.8 Å². The predicted molar refractivity (Wildman–Crippen MR) is 108 cm³/mol. The van der Waals surface area contributed by atoms with Gasteiger partial charge in [-0.2, -0.15) is 0 Å². The van der Waals surface area contributed by atoms with E-state index in [0.29, 0.717) is 6.42 Å². The molecule has 0 bridgehead atoms. The number of nitrogens with zero attached hydrogens (tertiary/aromatic N) is 1. The van der Waals surface area contributed by atoms with E-state index in [9.17, 15) is 14.6 Å². The van der Waals surface area contributed by atoms with Crippen molar-refractivity contribution in [2.45, 2.75) is 27.2 Å². The van der Waals surface area contributed by atoms with Gasteiger partial charge in [-0.3, -0.25) is 9.42 Å². The molecule has 0 aliphatic heterocycles. The van der Waals surface area contributed by atoms with Crippen molar-refractivity contribution in [1.29, 1.82) is 0 Å². The minimum atomic E-state index is -4.24. The van der Waals surface area contributed by atoms with Crippen LogP contribution in [-0.2, 0) is 15.5 Å². The zero-order chi connectivity index (χ0) is 20.1. The van der Waals surface area contributed by atoms with Crippen LogP contribution in [0.15, 0.2) is 54.6 Å². The van der Waals surface area contributed by atoms with Gasteiger partial charge < -0.3 is 14.5 Å². The van der Waals surface area contributed by atoms with Gasteiger partial charge in [0.05, 0.1) is 6.61 Å². The molecule has 0 radical (unpaired) electrons. The van der Waals surface area contributed by atoms with Gasteiger partial charge in [0.15, 0.2) is 11.5 Å². The third kappa shape index (κ3) is 9.59. The lowest BCUT2D eigenvalue weighted by molar-refractivity contribution is 0.203. The summed E-state index contributed by atoms with van der Waals surface area (Å²) >= 11 is 0. The zero-order valence-corrected chi connectivity index (χ0v) is 17.1. The molecule has 6 nitrogen and oxygen atoms in total. The number of phosphoric ester groups is 1. The Morgan fingerprint density at radius 2 is 1.48 bits per heavy atom. The second-order valence-corrected chi connectivity index (χ2v) is 7.09. The Bertz CT molecular complexity index is 686. The summed E-state index contributed by atoms with van der Waals surface area (Å²) in [5.41, 5.74) is 0.995. The van der Waals surface area contributed by atoms with Crippen molar-refractivity contribution in [3.63, 3.8) is 0 Å². The van der Waals surface area contributed by atoms with E-state index in [-0.39, 0.29) is 18.1 Å². The highest BCUT2D eigenvalue weighted by molar-refractivity contribution is 7.47. The third-order valence-electron chi connectivity index (χ3n) is 3.91. The van der Waals surface area contributed by atoms with E-state index < -0.39 is 7.82 Å². The number of hydrogen-bond acceptors (Lipinski definition) is 5. The van der Waals surface area contributed by atoms with Crippen molar-refractivity contribution in [2.24, 2.45) is 0 Å². The molecule has 0 aliphatic rings. The summed E-state index contributed by atoms with van der Waals surface area (Å²) < 4.78 is 21.4. The molecule has 0 aliphatic carbocycles. The Morgan fingerprint density at radius 3 is 2.00 bits per heavy atom. The van der Waals surface area contributed by atoms with Crippen LogP contribution < -0.4 is 4.52 Å². The number of phenolic OH excluding ortho intramolecular Hbond substituents is 1. The first kappa shape index (κ1) is 23.2. The molecule has 2 aromatic carbocycles. The smallest absolute Gasteiger partial charge is 0.504 e. The van der Waals surface area contributed by atoms with Crippen molar-refractivity contribution in [3.8, 4) is 11.5 Å². The van der Waals surface area contributed by atoms with Gasteiger partial charge in [0.25, 0.3) is 0 Å². The van der Waals surface area contributed by atoms with Gasteiger partial charge in [0, 0.05) is 0 Å². The standard InChI is InChI=1S/C14H15O5P.C6H15N/c15-13-8-4-5-9-14(13)19-20(16,17)18-11-10-12-6-2-1-3-7-12;1-4-7(5-2)6-3/h1-9,15H,10-11H2,(H,16,17);4-6H2,1-3H3. The van der Waals surface area contributed by atoms with Gasteiger partial charge >= 0.3 is 7.82 Å². The maximum atomic E-state index is 11.7. The van der Waals surface area contributed by atoms with Crippen LogP contribution in [0.2, 0.25) is 0 Å². The largest absolute Gasteiger partial charge is 0.527 e. The minimum absolute atomic E-state index is 0.0470. The molecule has 0 amide bonds. The molecule has 2 rings (SSSR count). The molecule has 27 heavy (non-hydrogen) atoms. The van der Waals surface area contributed by atoms with Crippen LogP contribution in [0.4, 0.5) is 0 Å². The third-order valence-corrected chi connectivity index (χ3v) is 4.84. The highest BCUT2D eigenvalue weighted by Crippen LogP contribution is 2.46. The SMILES string of the molecule is CCN(CC)CC.O=P(O)(OCCc1ccccc1)Oc1ccccc1O. The Balaban J connectivity index is 0.000000445. The maximum absolute atomic E-state index is 11.7. The van der Waals surface area contributed by atoms with Gasteiger partial charge in [0.2, 0.25) is 0 Å². The fourth-order valence-electron chi connectivity index (χ4n) is 2.28. The van der Waals surface area contributed by atoms with E-state index in [1.165, 1.54) is 31.8 Å². The normalized spacial score (nSPS) is 12.8. The Morgan fingerprint density at radius 1 is 0.926 bits per heavy atom. The zero-order valence-electron chi connectivity index (χ0n) is 16.2. The number of rotatable bonds is 9. The predicted octanol–water partition coefficient (Wildman–Crippen LogP) is 4.48. The maximum Gasteiger partial charge on any atom is 0.527 e. The molecule has 0 heterocycles. The van der Waals surface area contributed by atoms with Gasteiger partial charge in [0.1, 0.15) is 0 Å². The lowest BCUT2D eigenvalue weighted by Gasteiger charge is -2.13. The number of para-hydroxylation sites is 2. The lowest BCUT2D eigenvalue weighted by atomic mass is 10.2. The monoisotopic (exact) mass is 395 g/mol. The molecule has 0 saturated carbocycles. The van der Waals surface area contributed by atoms with Crippen molar-refractivity contribution in [2.75, 3.05) is 26.2 Å². The Labute approximate surface area is 162 Å². The summed E-state index contributed by atoms with van der Waals surface area (Å²) in [6.45, 7) is 10.2. The van der Waals surface area contributed by atoms with Gasteiger partial charge in [-0.15, -0.1) is 0 Å². The van der Waals surface area contributed by atoms with Crippen molar-refractivity contribution in [1.82, 2.24) is 4.90 Å². The molecule has 1 atom stereocenters. The molecule has 150 valence electrons. The summed E-state index contributed by atoms with van der Waals surface area (Å²) in [5, 5.41) is 9.46. The molecule has 2 N–H and O–H groups in total. The number of phosphoric acid groups is 1. The summed E-state index contributed by atoms with van der Waals surface area (Å²) in [4.78, 5) is 11.9. The van der Waals surface area contributed by atoms with Crippen molar-refractivity contribution < 1.29 is 23.6 Å². The quantitative estimate of drug-likeness (QED) is 0.610. The van der Waals surface area contributed by atoms with Crippen LogP contribution in [0.3, 0.4) is 0 Å². The molecule has 0 fully saturated rings. The Hall–Kier alpha value is -1.85. The summed E-state index contributed by atoms with van der Waals surface area (Å²) in [7, 11) is -4.24. The molecule has 1 unspecified atom stereocenters. The topological polar surface area (TPSA) is 79.2 Å². The first-order chi connectivity index (χ1) is 12.9. The molecular weight excluding hydrogens is 365 g/mol. The number of phenols is 1. The van der Waals surface area contributed by atoms with Crippen molar-refractivity contribution >= 4 is 7.82 Å². The average Bonchev–Trinajstić information content (AvgIpc) is 2.66. The highest BCUT2D eigenvalue weighted by atomic mass is 31.2. The summed E-state index contributed by atoms with van der Waals surface area (Å²) in [6, 6.07) is 15.4. The second kappa shape index (κ2) is 12.5. The van der Waals surface area contributed by atoms with Crippen molar-refractivity contribution in [3.05, 3.63) is 60.2 Å².